The van der Waals surface area contributed by atoms with E-state index in [4.69, 9.17) is 9.47 Å². The van der Waals surface area contributed by atoms with Crippen LogP contribution in [0.5, 0.6) is 0 Å². The lowest BCUT2D eigenvalue weighted by Gasteiger charge is -2.40. The molecular weight excluding hydrogens is 827 g/mol. The molecule has 1 aliphatic heterocycles. The average molecular weight is 941 g/mol. The van der Waals surface area contributed by atoms with Crippen LogP contribution < -0.4 is 5.32 Å². The van der Waals surface area contributed by atoms with Gasteiger partial charge in [0.05, 0.1) is 25.4 Å². The predicted octanol–water partition coefficient (Wildman–Crippen LogP) is 14.2. The van der Waals surface area contributed by atoms with Gasteiger partial charge >= 0.3 is 0 Å². The summed E-state index contributed by atoms with van der Waals surface area (Å²) >= 11 is 0. The van der Waals surface area contributed by atoms with E-state index in [-0.39, 0.29) is 12.5 Å². The first kappa shape index (κ1) is 63.2. The lowest BCUT2D eigenvalue weighted by Crippen LogP contribution is -2.60. The Labute approximate surface area is 408 Å². The fourth-order valence-electron chi connectivity index (χ4n) is 9.81. The molecule has 1 fully saturated rings. The third-order valence-electron chi connectivity index (χ3n) is 14.5. The van der Waals surface area contributed by atoms with Gasteiger partial charge in [-0.05, 0) is 12.8 Å². The van der Waals surface area contributed by atoms with Crippen molar-refractivity contribution in [3.63, 3.8) is 0 Å². The number of rotatable bonds is 51. The fraction of sp³-hybridized carbons (Fsp3) is 0.982. The molecule has 2 unspecified atom stereocenters. The first-order valence-electron chi connectivity index (χ1n) is 29.2. The number of aliphatic hydroxyl groups excluding tert-OH is 5. The predicted molar refractivity (Wildman–Crippen MR) is 277 cm³/mol. The highest BCUT2D eigenvalue weighted by Gasteiger charge is 2.44. The molecule has 1 rings (SSSR count). The number of carbonyl (C=O) groups is 1. The Morgan fingerprint density at radius 1 is 0.455 bits per heavy atom. The van der Waals surface area contributed by atoms with Crippen LogP contribution in [0.1, 0.15) is 303 Å². The van der Waals surface area contributed by atoms with Crippen LogP contribution in [0.2, 0.25) is 0 Å². The van der Waals surface area contributed by atoms with Crippen molar-refractivity contribution in [3.8, 4) is 0 Å². The third-order valence-corrected chi connectivity index (χ3v) is 14.5. The molecule has 9 heteroatoms. The van der Waals surface area contributed by atoms with Gasteiger partial charge in [0.2, 0.25) is 5.91 Å². The largest absolute Gasteiger partial charge is 0.394 e. The van der Waals surface area contributed by atoms with Crippen LogP contribution in [0, 0.1) is 0 Å². The molecule has 0 aromatic rings. The summed E-state index contributed by atoms with van der Waals surface area (Å²) < 4.78 is 11.3. The summed E-state index contributed by atoms with van der Waals surface area (Å²) in [7, 11) is 0. The lowest BCUT2D eigenvalue weighted by atomic mass is 9.99. The van der Waals surface area contributed by atoms with Crippen LogP contribution in [-0.2, 0) is 14.3 Å². The maximum atomic E-state index is 13.0. The molecule has 394 valence electrons. The molecule has 0 bridgehead atoms. The van der Waals surface area contributed by atoms with E-state index in [1.165, 1.54) is 238 Å². The average Bonchev–Trinajstić information content (AvgIpc) is 3.32. The molecule has 0 spiro atoms. The fourth-order valence-corrected chi connectivity index (χ4v) is 9.81. The Morgan fingerprint density at radius 3 is 1.08 bits per heavy atom. The molecule has 0 aromatic carbocycles. The molecule has 6 N–H and O–H groups in total. The van der Waals surface area contributed by atoms with Gasteiger partial charge in [0.15, 0.2) is 6.29 Å². The second kappa shape index (κ2) is 47.8. The Hall–Kier alpha value is -0.810. The smallest absolute Gasteiger partial charge is 0.220 e. The number of ether oxygens (including phenoxy) is 2. The van der Waals surface area contributed by atoms with Crippen molar-refractivity contribution < 1.29 is 39.8 Å². The minimum absolute atomic E-state index is 0.132. The number of carbonyl (C=O) groups excluding carboxylic acids is 1. The van der Waals surface area contributed by atoms with E-state index in [1.807, 2.05) is 0 Å². The van der Waals surface area contributed by atoms with E-state index >= 15 is 0 Å². The standard InChI is InChI=1S/C57H113NO8/c1-3-5-7-9-11-13-15-16-17-18-19-20-21-22-23-24-25-26-27-28-29-30-31-32-33-34-35-36-37-39-41-43-45-47-53(61)58-50(49-65-57-56(64)55(63)54(62)52(48-59)66-57)51(60)46-44-42-40-38-14-12-10-8-6-4-2/h50-52,54-57,59-60,62-64H,3-49H2,1-2H3,(H,58,61)/t50-,51+,52+,54+,55?,56?,57+/m0/s1. The second-order valence-corrected chi connectivity index (χ2v) is 20.8. The van der Waals surface area contributed by atoms with E-state index in [2.05, 4.69) is 19.2 Å². The van der Waals surface area contributed by atoms with Gasteiger partial charge in [-0.15, -0.1) is 0 Å². The van der Waals surface area contributed by atoms with E-state index in [1.54, 1.807) is 0 Å². The maximum Gasteiger partial charge on any atom is 0.220 e. The van der Waals surface area contributed by atoms with Crippen molar-refractivity contribution in [2.24, 2.45) is 0 Å². The Morgan fingerprint density at radius 2 is 0.758 bits per heavy atom. The van der Waals surface area contributed by atoms with Gasteiger partial charge in [-0.2, -0.15) is 0 Å². The highest BCUT2D eigenvalue weighted by Crippen LogP contribution is 2.23. The van der Waals surface area contributed by atoms with Gasteiger partial charge in [-0.25, -0.2) is 0 Å². The summed E-state index contributed by atoms with van der Waals surface area (Å²) in [5, 5.41) is 54.4. The van der Waals surface area contributed by atoms with E-state index in [0.29, 0.717) is 12.8 Å². The SMILES string of the molecule is CCCCCCCCCCCCCCCCCCCCCCCCCCCCCCCCCCCC(=O)N[C@@H](CO[C@@H]1O[C@H](CO)[C@@H](O)C(O)C1O)[C@H](O)CCCCCCCCCCCC. The summed E-state index contributed by atoms with van der Waals surface area (Å²) in [5.41, 5.74) is 0. The van der Waals surface area contributed by atoms with E-state index < -0.39 is 49.5 Å². The van der Waals surface area contributed by atoms with Crippen LogP contribution in [0.3, 0.4) is 0 Å². The van der Waals surface area contributed by atoms with Crippen molar-refractivity contribution in [2.75, 3.05) is 13.2 Å². The molecule has 1 amide bonds. The Balaban J connectivity index is 2.03. The van der Waals surface area contributed by atoms with Gasteiger partial charge in [-0.3, -0.25) is 4.79 Å². The molecule has 7 atom stereocenters. The normalized spacial score (nSPS) is 19.7. The summed E-state index contributed by atoms with van der Waals surface area (Å²) in [6, 6.07) is -0.711. The number of unbranched alkanes of at least 4 members (excludes halogenated alkanes) is 41. The highest BCUT2D eigenvalue weighted by atomic mass is 16.7. The van der Waals surface area contributed by atoms with Crippen molar-refractivity contribution >= 4 is 5.91 Å². The highest BCUT2D eigenvalue weighted by molar-refractivity contribution is 5.76. The van der Waals surface area contributed by atoms with E-state index in [0.717, 1.165) is 38.5 Å². The molecular formula is C57H113NO8. The minimum atomic E-state index is -1.55. The molecule has 0 aliphatic carbocycles. The van der Waals surface area contributed by atoms with Crippen LogP contribution >= 0.6 is 0 Å². The van der Waals surface area contributed by atoms with Gasteiger partial charge in [-0.1, -0.05) is 284 Å². The molecule has 0 radical (unpaired) electrons. The zero-order valence-corrected chi connectivity index (χ0v) is 43.7. The molecule has 1 heterocycles. The van der Waals surface area contributed by atoms with Gasteiger partial charge in [0.25, 0.3) is 0 Å². The van der Waals surface area contributed by atoms with Crippen molar-refractivity contribution in [1.29, 1.82) is 0 Å². The summed E-state index contributed by atoms with van der Waals surface area (Å²) in [4.78, 5) is 13.0. The number of hydrogen-bond donors (Lipinski definition) is 6. The van der Waals surface area contributed by atoms with Crippen LogP contribution in [0.4, 0.5) is 0 Å². The van der Waals surface area contributed by atoms with Crippen LogP contribution in [0.25, 0.3) is 0 Å². The first-order valence-corrected chi connectivity index (χ1v) is 29.2. The van der Waals surface area contributed by atoms with Crippen LogP contribution in [-0.4, -0.2) is 87.5 Å². The van der Waals surface area contributed by atoms with Crippen LogP contribution in [0.15, 0.2) is 0 Å². The molecule has 1 aliphatic rings. The molecule has 0 aromatic heterocycles. The Bertz CT molecular complexity index is 1000. The second-order valence-electron chi connectivity index (χ2n) is 20.8. The number of nitrogens with one attached hydrogen (secondary N) is 1. The van der Waals surface area contributed by atoms with Gasteiger partial charge in [0.1, 0.15) is 24.4 Å². The molecule has 9 nitrogen and oxygen atoms in total. The van der Waals surface area contributed by atoms with Gasteiger partial charge in [0, 0.05) is 6.42 Å². The molecule has 66 heavy (non-hydrogen) atoms. The van der Waals surface area contributed by atoms with Crippen molar-refractivity contribution in [3.05, 3.63) is 0 Å². The molecule has 0 saturated carbocycles. The van der Waals surface area contributed by atoms with Crippen molar-refractivity contribution in [1.82, 2.24) is 5.32 Å². The van der Waals surface area contributed by atoms with Gasteiger partial charge < -0.3 is 40.3 Å². The zero-order valence-electron chi connectivity index (χ0n) is 43.7. The topological polar surface area (TPSA) is 149 Å². The zero-order chi connectivity index (χ0) is 48.0. The maximum absolute atomic E-state index is 13.0. The molecule has 1 saturated heterocycles. The Kier molecular flexibility index (Phi) is 45.8. The first-order chi connectivity index (χ1) is 32.3. The summed E-state index contributed by atoms with van der Waals surface area (Å²) in [5.74, 6) is -0.139. The van der Waals surface area contributed by atoms with E-state index in [9.17, 15) is 30.3 Å². The summed E-state index contributed by atoms with van der Waals surface area (Å²) in [6.07, 6.45) is 50.3. The number of amides is 1. The lowest BCUT2D eigenvalue weighted by molar-refractivity contribution is -0.302. The number of hydrogen-bond acceptors (Lipinski definition) is 8. The quantitative estimate of drug-likeness (QED) is 0.0330. The summed E-state index contributed by atoms with van der Waals surface area (Å²) in [6.45, 7) is 3.85. The van der Waals surface area contributed by atoms with Crippen molar-refractivity contribution in [2.45, 2.75) is 346 Å². The third kappa shape index (κ3) is 37.1. The number of aliphatic hydroxyl groups is 5. The minimum Gasteiger partial charge on any atom is -0.394 e. The monoisotopic (exact) mass is 940 g/mol.